The van der Waals surface area contributed by atoms with Gasteiger partial charge in [-0.05, 0) is 20.7 Å². The minimum Gasteiger partial charge on any atom is -0.458 e. The Hall–Kier alpha value is -3.37. The molecule has 5 rings (SSSR count). The van der Waals surface area contributed by atoms with Gasteiger partial charge in [0.2, 0.25) is 11.6 Å². The van der Waals surface area contributed by atoms with Crippen LogP contribution in [0.5, 0.6) is 11.5 Å². The quantitative estimate of drug-likeness (QED) is 0.118. The van der Waals surface area contributed by atoms with Gasteiger partial charge in [0.05, 0.1) is 0 Å². The van der Waals surface area contributed by atoms with E-state index in [1.54, 1.807) is 24.3 Å². The molecule has 0 saturated heterocycles. The maximum atomic E-state index is 15.1. The zero-order valence-corrected chi connectivity index (χ0v) is 27.2. The highest BCUT2D eigenvalue weighted by Gasteiger charge is 2.47. The summed E-state index contributed by atoms with van der Waals surface area (Å²) in [5, 5.41) is -0.286. The minimum atomic E-state index is -3.81. The van der Waals surface area contributed by atoms with E-state index in [1.807, 2.05) is 13.1 Å². The summed E-state index contributed by atoms with van der Waals surface area (Å²) in [6, 6.07) is 9.55. The van der Waals surface area contributed by atoms with Crippen molar-refractivity contribution in [1.82, 2.24) is 0 Å². The smallest absolute Gasteiger partial charge is 0.200 e. The molecule has 1 aliphatic rings. The highest BCUT2D eigenvalue weighted by Crippen LogP contribution is 2.32. The van der Waals surface area contributed by atoms with Crippen LogP contribution in [0.25, 0.3) is 0 Å². The summed E-state index contributed by atoms with van der Waals surface area (Å²) in [5.74, 6) is -20.5. The first-order valence-corrected chi connectivity index (χ1v) is 22.3. The summed E-state index contributed by atoms with van der Waals surface area (Å²) < 4.78 is 152. The lowest BCUT2D eigenvalue weighted by Crippen LogP contribution is -2.64. The topological polar surface area (TPSA) is 9.23 Å². The molecule has 0 amide bonds. The fraction of sp³-hybridized carbons (Fsp3) is 0.200. The number of ether oxygens (including phenoxy) is 1. The molecule has 0 N–H and O–H groups in total. The van der Waals surface area contributed by atoms with Crippen LogP contribution in [0.4, 0.5) is 43.9 Å². The molecular weight excluding hydrogens is 651 g/mol. The van der Waals surface area contributed by atoms with Gasteiger partial charge in [-0.15, -0.1) is 0 Å². The molecule has 232 valence electrons. The molecule has 44 heavy (non-hydrogen) atoms. The number of rotatable bonds is 4. The lowest BCUT2D eigenvalue weighted by atomic mass is 10.3. The Labute approximate surface area is 249 Å². The van der Waals surface area contributed by atoms with Crippen LogP contribution in [0.3, 0.4) is 0 Å². The van der Waals surface area contributed by atoms with E-state index in [0.717, 1.165) is 0 Å². The first-order valence-electron chi connectivity index (χ1n) is 13.3. The normalized spacial score (nSPS) is 14.3. The van der Waals surface area contributed by atoms with Gasteiger partial charge in [0.15, 0.2) is 46.5 Å². The van der Waals surface area contributed by atoms with Crippen LogP contribution in [0.1, 0.15) is 0 Å². The average Bonchev–Trinajstić information content (AvgIpc) is 2.96. The molecule has 0 bridgehead atoms. The lowest BCUT2D eigenvalue weighted by molar-refractivity contribution is 0.383. The molecule has 0 fully saturated rings. The van der Waals surface area contributed by atoms with Crippen molar-refractivity contribution in [2.24, 2.45) is 0 Å². The van der Waals surface area contributed by atoms with Crippen molar-refractivity contribution in [3.05, 3.63) is 94.6 Å². The molecule has 0 aromatic heterocycles. The van der Waals surface area contributed by atoms with Crippen LogP contribution < -0.4 is 35.9 Å². The van der Waals surface area contributed by atoms with Crippen LogP contribution in [0.2, 0.25) is 39.3 Å². The molecule has 1 aliphatic heterocycles. The standard InChI is InChI=1S/C30H24F10OSi3/c1-42(2)13-9-7-11-15(43(3,4)29-23(37)19(33)17(31)20(34)24(29)38)27(13)41-28-14(42)10-8-12-16(28)44(5,6)30-25(39)21(35)18(32)22(36)26(30)40/h7-12H,1-6H3. The van der Waals surface area contributed by atoms with Gasteiger partial charge >= 0.3 is 0 Å². The second-order valence-electron chi connectivity index (χ2n) is 12.2. The SMILES string of the molecule is C[Si]1(C)c2cccc([Si](C)(C)c3c(F)c(F)c(F)c(F)c3F)c2Oc2c1cccc2[Si](C)(C)c1c(F)c(F)c(F)c(F)c1F. The minimum absolute atomic E-state index is 0.104. The van der Waals surface area contributed by atoms with Gasteiger partial charge in [0, 0.05) is 10.4 Å². The van der Waals surface area contributed by atoms with Crippen LogP contribution in [0, 0.1) is 58.2 Å². The number of benzene rings is 4. The largest absolute Gasteiger partial charge is 0.458 e. The van der Waals surface area contributed by atoms with Gasteiger partial charge in [-0.3, -0.25) is 0 Å². The Morgan fingerprint density at radius 2 is 0.727 bits per heavy atom. The zero-order chi connectivity index (χ0) is 32.8. The molecule has 0 radical (unpaired) electrons. The van der Waals surface area contributed by atoms with Crippen molar-refractivity contribution < 1.29 is 48.6 Å². The second kappa shape index (κ2) is 10.3. The summed E-state index contributed by atoms with van der Waals surface area (Å²) >= 11 is 0. The molecule has 1 nitrogen and oxygen atoms in total. The van der Waals surface area contributed by atoms with Gasteiger partial charge in [-0.1, -0.05) is 75.7 Å². The second-order valence-corrected chi connectivity index (χ2v) is 25.1. The van der Waals surface area contributed by atoms with Crippen molar-refractivity contribution in [3.63, 3.8) is 0 Å². The fourth-order valence-electron chi connectivity index (χ4n) is 6.09. The Bertz CT molecular complexity index is 1700. The van der Waals surface area contributed by atoms with Crippen LogP contribution in [0.15, 0.2) is 36.4 Å². The Kier molecular flexibility index (Phi) is 7.53. The van der Waals surface area contributed by atoms with Gasteiger partial charge < -0.3 is 4.74 Å². The number of hydrogen-bond donors (Lipinski definition) is 0. The maximum Gasteiger partial charge on any atom is 0.200 e. The average molecular weight is 675 g/mol. The highest BCUT2D eigenvalue weighted by atomic mass is 28.3. The molecule has 4 aromatic carbocycles. The zero-order valence-electron chi connectivity index (χ0n) is 24.2. The first kappa shape index (κ1) is 32.0. The number of para-hydroxylation sites is 2. The van der Waals surface area contributed by atoms with Crippen LogP contribution in [-0.4, -0.2) is 24.2 Å². The molecule has 4 aromatic rings. The predicted octanol–water partition coefficient (Wildman–Crippen LogP) is 5.65. The number of fused-ring (bicyclic) bond motifs is 2. The van der Waals surface area contributed by atoms with E-state index in [4.69, 9.17) is 4.74 Å². The van der Waals surface area contributed by atoms with E-state index in [-0.39, 0.29) is 21.9 Å². The fourth-order valence-corrected chi connectivity index (χ4v) is 14.9. The van der Waals surface area contributed by atoms with E-state index in [9.17, 15) is 26.3 Å². The molecular formula is C30H24F10OSi3. The molecule has 14 heteroatoms. The Morgan fingerprint density at radius 1 is 0.455 bits per heavy atom. The molecule has 0 aliphatic carbocycles. The van der Waals surface area contributed by atoms with Gasteiger partial charge in [-0.2, -0.15) is 0 Å². The lowest BCUT2D eigenvalue weighted by Gasteiger charge is -2.39. The van der Waals surface area contributed by atoms with Crippen molar-refractivity contribution in [2.45, 2.75) is 39.3 Å². The van der Waals surface area contributed by atoms with Crippen molar-refractivity contribution in [2.75, 3.05) is 0 Å². The maximum absolute atomic E-state index is 15.1. The Balaban J connectivity index is 1.78. The van der Waals surface area contributed by atoms with E-state index in [1.165, 1.54) is 38.3 Å². The van der Waals surface area contributed by atoms with Crippen molar-refractivity contribution in [3.8, 4) is 11.5 Å². The monoisotopic (exact) mass is 674 g/mol. The molecule has 1 heterocycles. The Morgan fingerprint density at radius 3 is 1.02 bits per heavy atom. The molecule has 0 spiro atoms. The summed E-state index contributed by atoms with van der Waals surface area (Å²) in [7, 11) is -10.5. The number of hydrogen-bond acceptors (Lipinski definition) is 1. The third kappa shape index (κ3) is 4.31. The molecule has 0 saturated carbocycles. The third-order valence-electron chi connectivity index (χ3n) is 8.60. The van der Waals surface area contributed by atoms with Gasteiger partial charge in [-0.25, -0.2) is 43.9 Å². The number of halogens is 10. The summed E-state index contributed by atoms with van der Waals surface area (Å²) in [5.41, 5.74) is 0. The van der Waals surface area contributed by atoms with Crippen molar-refractivity contribution >= 4 is 55.3 Å². The first-order chi connectivity index (χ1) is 20.3. The van der Waals surface area contributed by atoms with E-state index in [0.29, 0.717) is 10.4 Å². The van der Waals surface area contributed by atoms with E-state index in [2.05, 4.69) is 0 Å². The predicted molar refractivity (Wildman–Crippen MR) is 156 cm³/mol. The van der Waals surface area contributed by atoms with Crippen LogP contribution in [-0.2, 0) is 0 Å². The van der Waals surface area contributed by atoms with Crippen LogP contribution >= 0.6 is 0 Å². The summed E-state index contributed by atoms with van der Waals surface area (Å²) in [4.78, 5) is 0. The summed E-state index contributed by atoms with van der Waals surface area (Å²) in [6.45, 7) is 9.39. The highest BCUT2D eigenvalue weighted by molar-refractivity contribution is 7.06. The molecule has 0 unspecified atom stereocenters. The van der Waals surface area contributed by atoms with E-state index >= 15 is 17.6 Å². The van der Waals surface area contributed by atoms with Crippen molar-refractivity contribution in [1.29, 1.82) is 0 Å². The van der Waals surface area contributed by atoms with Gasteiger partial charge in [0.1, 0.15) is 35.7 Å². The van der Waals surface area contributed by atoms with Gasteiger partial charge in [0.25, 0.3) is 0 Å². The molecule has 0 atom stereocenters. The summed E-state index contributed by atoms with van der Waals surface area (Å²) in [6.07, 6.45) is 0. The third-order valence-corrected chi connectivity index (χ3v) is 18.9. The van der Waals surface area contributed by atoms with E-state index < -0.39 is 92.8 Å².